The number of carbonyl (C=O) groups is 1. The van der Waals surface area contributed by atoms with Crippen molar-refractivity contribution in [2.75, 3.05) is 13.6 Å². The number of amides is 1. The molecule has 0 saturated heterocycles. The minimum atomic E-state index is -7.90. The molecule has 0 aromatic carbocycles. The van der Waals surface area contributed by atoms with Gasteiger partial charge in [-0.3, -0.25) is 4.79 Å². The lowest BCUT2D eigenvalue weighted by Gasteiger charge is -2.41. The fourth-order valence-corrected chi connectivity index (χ4v) is 2.33. The Labute approximate surface area is 168 Å². The molecule has 1 amide bonds. The number of hydrogen-bond acceptors (Lipinski definition) is 1. The van der Waals surface area contributed by atoms with Gasteiger partial charge in [-0.05, 0) is 19.8 Å². The third kappa shape index (κ3) is 4.89. The largest absolute Gasteiger partial charge is 0.460 e. The predicted octanol–water partition coefficient (Wildman–Crippen LogP) is 6.18. The zero-order chi connectivity index (χ0) is 25.4. The van der Waals surface area contributed by atoms with Crippen LogP contribution in [0.1, 0.15) is 26.7 Å². The van der Waals surface area contributed by atoms with E-state index >= 15 is 0 Å². The van der Waals surface area contributed by atoms with Crippen molar-refractivity contribution < 1.29 is 61.9 Å². The van der Waals surface area contributed by atoms with Crippen LogP contribution in [0.15, 0.2) is 12.2 Å². The topological polar surface area (TPSA) is 20.3 Å². The van der Waals surface area contributed by atoms with Crippen molar-refractivity contribution in [1.82, 2.24) is 4.90 Å². The number of alkyl halides is 13. The van der Waals surface area contributed by atoms with E-state index in [1.54, 1.807) is 0 Å². The van der Waals surface area contributed by atoms with E-state index in [0.29, 0.717) is 0 Å². The lowest BCUT2D eigenvalue weighted by atomic mass is 9.86. The maximum Gasteiger partial charge on any atom is 0.460 e. The molecule has 0 spiro atoms. The van der Waals surface area contributed by atoms with Gasteiger partial charge in [0, 0.05) is 25.1 Å². The molecule has 184 valence electrons. The molecule has 0 aromatic heterocycles. The van der Waals surface area contributed by atoms with E-state index in [2.05, 4.69) is 6.58 Å². The summed E-state index contributed by atoms with van der Waals surface area (Å²) in [6, 6.07) is 0. The smallest absolute Gasteiger partial charge is 0.342 e. The zero-order valence-corrected chi connectivity index (χ0v) is 16.2. The van der Waals surface area contributed by atoms with Crippen LogP contribution >= 0.6 is 0 Å². The predicted molar refractivity (Wildman–Crippen MR) is 81.6 cm³/mol. The number of hydrogen-bond donors (Lipinski definition) is 0. The first kappa shape index (κ1) is 29.3. The van der Waals surface area contributed by atoms with Crippen LogP contribution in [0.4, 0.5) is 57.1 Å². The van der Waals surface area contributed by atoms with Crippen LogP contribution in [0.3, 0.4) is 0 Å². The SMILES string of the molecule is C=C(C)C(=O)N(C)CCCC(C)C(F)(F)C(F)(F)C(F)(F)C(F)(F)C(F)(F)C(F)(F)F. The normalized spacial score (nSPS) is 15.6. The Morgan fingerprint density at radius 2 is 1.19 bits per heavy atom. The maximum absolute atomic E-state index is 13.9. The average molecular weight is 487 g/mol. The molecule has 0 bridgehead atoms. The molecule has 0 N–H and O–H groups in total. The minimum absolute atomic E-state index is 0.000113. The fourth-order valence-electron chi connectivity index (χ4n) is 2.33. The van der Waals surface area contributed by atoms with Crippen molar-refractivity contribution in [2.45, 2.75) is 62.5 Å². The molecular formula is C16H18F13NO. The first-order valence-electron chi connectivity index (χ1n) is 8.28. The van der Waals surface area contributed by atoms with Gasteiger partial charge >= 0.3 is 35.8 Å². The second kappa shape index (κ2) is 8.68. The summed E-state index contributed by atoms with van der Waals surface area (Å²) in [5, 5.41) is 0. The Kier molecular flexibility index (Phi) is 8.20. The van der Waals surface area contributed by atoms with E-state index in [1.165, 1.54) is 6.92 Å². The number of likely N-dealkylation sites (N-methyl/N-ethyl adjacent to an activating group) is 1. The van der Waals surface area contributed by atoms with E-state index in [4.69, 9.17) is 0 Å². The van der Waals surface area contributed by atoms with Crippen molar-refractivity contribution in [3.05, 3.63) is 12.2 Å². The molecule has 0 saturated carbocycles. The summed E-state index contributed by atoms with van der Waals surface area (Å²) in [5.74, 6) is -40.4. The lowest BCUT2D eigenvalue weighted by Crippen LogP contribution is -2.70. The Hall–Kier alpha value is -1.70. The van der Waals surface area contributed by atoms with Crippen LogP contribution in [-0.4, -0.2) is 60.2 Å². The number of rotatable bonds is 10. The zero-order valence-electron chi connectivity index (χ0n) is 16.2. The second-order valence-corrected chi connectivity index (χ2v) is 6.97. The van der Waals surface area contributed by atoms with Crippen molar-refractivity contribution >= 4 is 5.91 Å². The highest BCUT2D eigenvalue weighted by Crippen LogP contribution is 2.61. The molecule has 15 heteroatoms. The van der Waals surface area contributed by atoms with Gasteiger partial charge in [-0.1, -0.05) is 13.5 Å². The molecule has 0 radical (unpaired) electrons. The molecule has 0 aliphatic heterocycles. The van der Waals surface area contributed by atoms with E-state index in [-0.39, 0.29) is 12.5 Å². The van der Waals surface area contributed by atoms with Gasteiger partial charge in [-0.2, -0.15) is 57.1 Å². The molecule has 31 heavy (non-hydrogen) atoms. The molecular weight excluding hydrogens is 469 g/mol. The summed E-state index contributed by atoms with van der Waals surface area (Å²) in [5.41, 5.74) is -0.000113. The van der Waals surface area contributed by atoms with Crippen molar-refractivity contribution in [3.63, 3.8) is 0 Å². The van der Waals surface area contributed by atoms with Gasteiger partial charge in [0.15, 0.2) is 0 Å². The summed E-state index contributed by atoms with van der Waals surface area (Å²) in [6.07, 6.45) is -9.09. The monoisotopic (exact) mass is 487 g/mol. The lowest BCUT2D eigenvalue weighted by molar-refractivity contribution is -0.443. The van der Waals surface area contributed by atoms with E-state index in [9.17, 15) is 61.9 Å². The number of nitrogens with zero attached hydrogens (tertiary/aromatic N) is 1. The fraction of sp³-hybridized carbons (Fsp3) is 0.812. The van der Waals surface area contributed by atoms with Crippen LogP contribution < -0.4 is 0 Å². The molecule has 0 aliphatic rings. The summed E-state index contributed by atoms with van der Waals surface area (Å²) >= 11 is 0. The Bertz CT molecular complexity index is 669. The molecule has 0 rings (SSSR count). The quantitative estimate of drug-likeness (QED) is 0.267. The first-order chi connectivity index (χ1) is 13.4. The molecule has 2 nitrogen and oxygen atoms in total. The molecule has 0 fully saturated rings. The molecule has 1 atom stereocenters. The average Bonchev–Trinajstić information content (AvgIpc) is 2.58. The van der Waals surface area contributed by atoms with Gasteiger partial charge in [0.2, 0.25) is 5.91 Å². The summed E-state index contributed by atoms with van der Waals surface area (Å²) < 4.78 is 170. The molecule has 0 aromatic rings. The van der Waals surface area contributed by atoms with Crippen molar-refractivity contribution in [2.24, 2.45) is 5.92 Å². The molecule has 1 unspecified atom stereocenters. The Balaban J connectivity index is 5.75. The van der Waals surface area contributed by atoms with Gasteiger partial charge in [0.05, 0.1) is 0 Å². The van der Waals surface area contributed by atoms with Crippen molar-refractivity contribution in [1.29, 1.82) is 0 Å². The number of halogens is 13. The van der Waals surface area contributed by atoms with Gasteiger partial charge in [0.1, 0.15) is 0 Å². The Morgan fingerprint density at radius 3 is 1.55 bits per heavy atom. The first-order valence-corrected chi connectivity index (χ1v) is 8.28. The van der Waals surface area contributed by atoms with Gasteiger partial charge in [-0.15, -0.1) is 0 Å². The summed E-state index contributed by atoms with van der Waals surface area (Å²) in [4.78, 5) is 12.4. The van der Waals surface area contributed by atoms with E-state index in [1.807, 2.05) is 0 Å². The highest BCUT2D eigenvalue weighted by Gasteiger charge is 2.90. The maximum atomic E-state index is 13.9. The van der Waals surface area contributed by atoms with E-state index in [0.717, 1.165) is 11.9 Å². The Morgan fingerprint density at radius 1 is 0.806 bits per heavy atom. The van der Waals surface area contributed by atoms with E-state index < -0.39 is 67.0 Å². The van der Waals surface area contributed by atoms with Crippen LogP contribution in [0.25, 0.3) is 0 Å². The third-order valence-corrected chi connectivity index (χ3v) is 4.42. The highest BCUT2D eigenvalue weighted by molar-refractivity contribution is 5.91. The summed E-state index contributed by atoms with van der Waals surface area (Å²) in [7, 11) is 1.14. The second-order valence-electron chi connectivity index (χ2n) is 6.97. The standard InChI is InChI=1S/C16H18F13NO/c1-8(2)10(31)30(4)7-5-6-9(3)11(17,18)12(19,20)13(21,22)14(23,24)15(25,26)16(27,28)29/h9H,1,5-7H2,2-4H3. The van der Waals surface area contributed by atoms with Crippen LogP contribution in [0, 0.1) is 5.92 Å². The number of carbonyl (C=O) groups excluding carboxylic acids is 1. The summed E-state index contributed by atoms with van der Waals surface area (Å²) in [6.45, 7) is 4.34. The minimum Gasteiger partial charge on any atom is -0.342 e. The van der Waals surface area contributed by atoms with Gasteiger partial charge < -0.3 is 4.90 Å². The molecule has 0 aliphatic carbocycles. The van der Waals surface area contributed by atoms with Gasteiger partial charge in [-0.25, -0.2) is 0 Å². The van der Waals surface area contributed by atoms with Crippen LogP contribution in [-0.2, 0) is 4.79 Å². The van der Waals surface area contributed by atoms with Crippen molar-refractivity contribution in [3.8, 4) is 0 Å². The third-order valence-electron chi connectivity index (χ3n) is 4.42. The highest BCUT2D eigenvalue weighted by atomic mass is 19.4. The van der Waals surface area contributed by atoms with Gasteiger partial charge in [0.25, 0.3) is 0 Å². The van der Waals surface area contributed by atoms with Crippen LogP contribution in [0.5, 0.6) is 0 Å². The van der Waals surface area contributed by atoms with Crippen LogP contribution in [0.2, 0.25) is 0 Å². The molecule has 0 heterocycles.